The van der Waals surface area contributed by atoms with Gasteiger partial charge in [0.2, 0.25) is 0 Å². The zero-order chi connectivity index (χ0) is 14.0. The molecule has 1 amide bonds. The summed E-state index contributed by atoms with van der Waals surface area (Å²) in [6.45, 7) is 3.68. The molecule has 1 atom stereocenters. The number of nitrogens with zero attached hydrogens (tertiary/aromatic N) is 2. The second-order valence-corrected chi connectivity index (χ2v) is 4.66. The fourth-order valence-electron chi connectivity index (χ4n) is 2.18. The van der Waals surface area contributed by atoms with Gasteiger partial charge in [-0.1, -0.05) is 18.2 Å². The molecule has 2 rings (SSSR count). The highest BCUT2D eigenvalue weighted by atomic mass is 16.4. The van der Waals surface area contributed by atoms with E-state index < -0.39 is 11.9 Å². The normalized spacial score (nSPS) is 18.6. The van der Waals surface area contributed by atoms with Gasteiger partial charge in [-0.25, -0.2) is 0 Å². The quantitative estimate of drug-likeness (QED) is 0.902. The van der Waals surface area contributed by atoms with Crippen LogP contribution in [0.1, 0.15) is 25.3 Å². The van der Waals surface area contributed by atoms with E-state index in [1.54, 1.807) is 6.92 Å². The molecule has 1 N–H and O–H groups in total. The average Bonchev–Trinajstić information content (AvgIpc) is 2.63. The van der Waals surface area contributed by atoms with E-state index in [1.807, 2.05) is 31.2 Å². The monoisotopic (exact) mass is 260 g/mol. The van der Waals surface area contributed by atoms with Crippen molar-refractivity contribution in [3.63, 3.8) is 0 Å². The van der Waals surface area contributed by atoms with Crippen LogP contribution >= 0.6 is 0 Å². The predicted octanol–water partition coefficient (Wildman–Crippen LogP) is 2.20. The maximum absolute atomic E-state index is 12.3. The predicted molar refractivity (Wildman–Crippen MR) is 72.1 cm³/mol. The van der Waals surface area contributed by atoms with Crippen LogP contribution < -0.4 is 5.01 Å². The highest BCUT2D eigenvalue weighted by Crippen LogP contribution is 2.28. The lowest BCUT2D eigenvalue weighted by molar-refractivity contribution is -0.137. The second kappa shape index (κ2) is 5.22. The van der Waals surface area contributed by atoms with E-state index in [1.165, 1.54) is 5.01 Å². The summed E-state index contributed by atoms with van der Waals surface area (Å²) in [6.07, 6.45) is 0.275. The van der Waals surface area contributed by atoms with Gasteiger partial charge in [0.05, 0.1) is 11.6 Å². The first-order valence-electron chi connectivity index (χ1n) is 6.17. The molecule has 19 heavy (non-hydrogen) atoms. The summed E-state index contributed by atoms with van der Waals surface area (Å²) in [5.41, 5.74) is 2.39. The maximum Gasteiger partial charge on any atom is 0.303 e. The Labute approximate surface area is 111 Å². The van der Waals surface area contributed by atoms with Gasteiger partial charge in [-0.05, 0) is 31.9 Å². The minimum Gasteiger partial charge on any atom is -0.481 e. The van der Waals surface area contributed by atoms with Crippen molar-refractivity contribution < 1.29 is 14.7 Å². The number of aliphatic carboxylic acids is 1. The third-order valence-electron chi connectivity index (χ3n) is 3.26. The van der Waals surface area contributed by atoms with E-state index in [4.69, 9.17) is 5.11 Å². The molecule has 1 heterocycles. The van der Waals surface area contributed by atoms with Crippen molar-refractivity contribution in [1.82, 2.24) is 0 Å². The van der Waals surface area contributed by atoms with Gasteiger partial charge < -0.3 is 5.11 Å². The van der Waals surface area contributed by atoms with Gasteiger partial charge in [0.15, 0.2) is 0 Å². The second-order valence-electron chi connectivity index (χ2n) is 4.66. The fourth-order valence-corrected chi connectivity index (χ4v) is 2.18. The smallest absolute Gasteiger partial charge is 0.303 e. The van der Waals surface area contributed by atoms with Crippen LogP contribution in [0, 0.1) is 12.8 Å². The molecule has 0 fully saturated rings. The van der Waals surface area contributed by atoms with E-state index in [0.29, 0.717) is 12.1 Å². The summed E-state index contributed by atoms with van der Waals surface area (Å²) in [7, 11) is 0. The average molecular weight is 260 g/mol. The molecule has 0 spiro atoms. The van der Waals surface area contributed by atoms with Crippen LogP contribution in [-0.2, 0) is 9.59 Å². The SMILES string of the molecule is CC1=NN(c2ccccc2C)C(=O)C1CCC(=O)O. The van der Waals surface area contributed by atoms with Gasteiger partial charge in [0.1, 0.15) is 0 Å². The summed E-state index contributed by atoms with van der Waals surface area (Å²) < 4.78 is 0. The summed E-state index contributed by atoms with van der Waals surface area (Å²) in [4.78, 5) is 22.9. The van der Waals surface area contributed by atoms with Crippen molar-refractivity contribution in [3.05, 3.63) is 29.8 Å². The molecule has 0 aromatic heterocycles. The number of para-hydroxylation sites is 1. The third kappa shape index (κ3) is 2.65. The Morgan fingerprint density at radius 1 is 1.37 bits per heavy atom. The molecule has 0 saturated carbocycles. The lowest BCUT2D eigenvalue weighted by atomic mass is 9.98. The van der Waals surface area contributed by atoms with Crippen molar-refractivity contribution in [2.45, 2.75) is 26.7 Å². The number of carboxylic acids is 1. The number of aryl methyl sites for hydroxylation is 1. The number of benzene rings is 1. The van der Waals surface area contributed by atoms with Crippen molar-refractivity contribution in [1.29, 1.82) is 0 Å². The molecule has 1 unspecified atom stereocenters. The highest BCUT2D eigenvalue weighted by molar-refractivity contribution is 6.15. The van der Waals surface area contributed by atoms with E-state index in [-0.39, 0.29) is 12.3 Å². The first-order valence-corrected chi connectivity index (χ1v) is 6.17. The molecular formula is C14H16N2O3. The van der Waals surface area contributed by atoms with Gasteiger partial charge in [-0.3, -0.25) is 9.59 Å². The van der Waals surface area contributed by atoms with Crippen LogP contribution in [0.25, 0.3) is 0 Å². The Morgan fingerprint density at radius 3 is 2.68 bits per heavy atom. The van der Waals surface area contributed by atoms with Crippen LogP contribution in [0.4, 0.5) is 5.69 Å². The van der Waals surface area contributed by atoms with Crippen LogP contribution in [0.5, 0.6) is 0 Å². The summed E-state index contributed by atoms with van der Waals surface area (Å²) in [6, 6.07) is 7.50. The number of rotatable bonds is 4. The van der Waals surface area contributed by atoms with Gasteiger partial charge in [-0.2, -0.15) is 10.1 Å². The first kappa shape index (κ1) is 13.3. The molecule has 1 aromatic carbocycles. The number of hydrogen-bond donors (Lipinski definition) is 1. The molecule has 1 aliphatic rings. The Bertz CT molecular complexity index is 551. The molecular weight excluding hydrogens is 244 g/mol. The largest absolute Gasteiger partial charge is 0.481 e. The van der Waals surface area contributed by atoms with Gasteiger partial charge in [0.25, 0.3) is 5.91 Å². The zero-order valence-corrected chi connectivity index (χ0v) is 11.0. The lowest BCUT2D eigenvalue weighted by Gasteiger charge is -2.16. The molecule has 1 aliphatic heterocycles. The van der Waals surface area contributed by atoms with E-state index in [2.05, 4.69) is 5.10 Å². The fraction of sp³-hybridized carbons (Fsp3) is 0.357. The van der Waals surface area contributed by atoms with Crippen LogP contribution in [-0.4, -0.2) is 22.7 Å². The number of hydrazone groups is 1. The molecule has 1 aromatic rings. The van der Waals surface area contributed by atoms with E-state index in [9.17, 15) is 9.59 Å². The summed E-state index contributed by atoms with van der Waals surface area (Å²) in [5, 5.41) is 14.4. The highest BCUT2D eigenvalue weighted by Gasteiger charge is 2.34. The van der Waals surface area contributed by atoms with Crippen molar-refractivity contribution in [2.24, 2.45) is 11.0 Å². The molecule has 0 aliphatic carbocycles. The zero-order valence-electron chi connectivity index (χ0n) is 11.0. The molecule has 0 bridgehead atoms. The van der Waals surface area contributed by atoms with Gasteiger partial charge >= 0.3 is 5.97 Å². The van der Waals surface area contributed by atoms with Gasteiger partial charge in [-0.15, -0.1) is 0 Å². The number of carbonyl (C=O) groups excluding carboxylic acids is 1. The molecule has 5 heteroatoms. The van der Waals surface area contributed by atoms with Gasteiger partial charge in [0, 0.05) is 12.1 Å². The van der Waals surface area contributed by atoms with Crippen LogP contribution in [0.2, 0.25) is 0 Å². The Kier molecular flexibility index (Phi) is 3.64. The number of hydrogen-bond acceptors (Lipinski definition) is 3. The Morgan fingerprint density at radius 2 is 2.05 bits per heavy atom. The van der Waals surface area contributed by atoms with Crippen molar-refractivity contribution in [2.75, 3.05) is 5.01 Å². The number of carbonyl (C=O) groups is 2. The topological polar surface area (TPSA) is 70.0 Å². The Balaban J connectivity index is 2.21. The van der Waals surface area contributed by atoms with Crippen LogP contribution in [0.3, 0.4) is 0 Å². The van der Waals surface area contributed by atoms with E-state index in [0.717, 1.165) is 11.3 Å². The minimum absolute atomic E-state index is 0.0229. The first-order chi connectivity index (χ1) is 9.00. The Hall–Kier alpha value is -2.17. The minimum atomic E-state index is -0.894. The lowest BCUT2D eigenvalue weighted by Crippen LogP contribution is -2.28. The van der Waals surface area contributed by atoms with Crippen molar-refractivity contribution >= 4 is 23.3 Å². The molecule has 5 nitrogen and oxygen atoms in total. The summed E-state index contributed by atoms with van der Waals surface area (Å²) in [5.74, 6) is -1.46. The third-order valence-corrected chi connectivity index (χ3v) is 3.26. The number of amides is 1. The molecule has 0 radical (unpaired) electrons. The van der Waals surface area contributed by atoms with Crippen molar-refractivity contribution in [3.8, 4) is 0 Å². The summed E-state index contributed by atoms with van der Waals surface area (Å²) >= 11 is 0. The number of carboxylic acid groups (broad SMARTS) is 1. The maximum atomic E-state index is 12.3. The van der Waals surface area contributed by atoms with E-state index >= 15 is 0 Å². The standard InChI is InChI=1S/C14H16N2O3/c1-9-5-3-4-6-12(9)16-14(19)11(10(2)15-16)7-8-13(17)18/h3-6,11H,7-8H2,1-2H3,(H,17,18). The van der Waals surface area contributed by atoms with Crippen LogP contribution in [0.15, 0.2) is 29.4 Å². The number of anilines is 1. The molecule has 0 saturated heterocycles. The molecule has 100 valence electrons.